The Bertz CT molecular complexity index is 113. The van der Waals surface area contributed by atoms with Crippen LogP contribution in [0.4, 0.5) is 8.78 Å². The minimum atomic E-state index is -2.64. The van der Waals surface area contributed by atoms with Crippen molar-refractivity contribution in [3.8, 4) is 0 Å². The van der Waals surface area contributed by atoms with Gasteiger partial charge in [-0.3, -0.25) is 0 Å². The van der Waals surface area contributed by atoms with Crippen molar-refractivity contribution >= 4 is 0 Å². The molecule has 1 aliphatic heterocycles. The molecule has 2 nitrogen and oxygen atoms in total. The molecule has 0 aromatic carbocycles. The van der Waals surface area contributed by atoms with Crippen molar-refractivity contribution in [2.75, 3.05) is 13.2 Å². The van der Waals surface area contributed by atoms with Crippen LogP contribution in [0.25, 0.3) is 0 Å². The summed E-state index contributed by atoms with van der Waals surface area (Å²) in [7, 11) is 0. The summed E-state index contributed by atoms with van der Waals surface area (Å²) in [6, 6.07) is 0. The summed E-state index contributed by atoms with van der Waals surface area (Å²) >= 11 is 0. The molecule has 0 aliphatic carbocycles. The quantitative estimate of drug-likeness (QED) is 0.664. The van der Waals surface area contributed by atoms with E-state index >= 15 is 0 Å². The first-order valence-corrected chi connectivity index (χ1v) is 3.76. The van der Waals surface area contributed by atoms with E-state index < -0.39 is 12.5 Å². The first-order valence-electron chi connectivity index (χ1n) is 3.76. The molecule has 1 saturated heterocycles. The molecule has 0 aromatic rings. The highest BCUT2D eigenvalue weighted by molar-refractivity contribution is 4.72. The van der Waals surface area contributed by atoms with Crippen LogP contribution in [0.2, 0.25) is 0 Å². The lowest BCUT2D eigenvalue weighted by Crippen LogP contribution is -2.33. The van der Waals surface area contributed by atoms with Gasteiger partial charge in [0.15, 0.2) is 0 Å². The average Bonchev–Trinajstić information content (AvgIpc) is 2.05. The fourth-order valence-corrected chi connectivity index (χ4v) is 1.24. The van der Waals surface area contributed by atoms with E-state index in [2.05, 4.69) is 0 Å². The van der Waals surface area contributed by atoms with Crippen LogP contribution >= 0.6 is 0 Å². The molecule has 1 fully saturated rings. The van der Waals surface area contributed by atoms with E-state index in [-0.39, 0.29) is 12.5 Å². The van der Waals surface area contributed by atoms with Crippen molar-refractivity contribution in [2.24, 2.45) is 5.92 Å². The molecule has 1 heterocycles. The summed E-state index contributed by atoms with van der Waals surface area (Å²) in [6.07, 6.45) is -2.73. The van der Waals surface area contributed by atoms with Crippen LogP contribution in [0.15, 0.2) is 0 Å². The molecule has 0 radical (unpaired) electrons. The van der Waals surface area contributed by atoms with Gasteiger partial charge in [0.2, 0.25) is 0 Å². The molecule has 2 atom stereocenters. The first-order chi connectivity index (χ1) is 5.22. The van der Waals surface area contributed by atoms with Crippen LogP contribution in [-0.2, 0) is 4.74 Å². The summed E-state index contributed by atoms with van der Waals surface area (Å²) < 4.78 is 28.8. The molecule has 1 rings (SSSR count). The maximum absolute atomic E-state index is 11.9. The third-order valence-corrected chi connectivity index (χ3v) is 1.94. The van der Waals surface area contributed by atoms with Gasteiger partial charge >= 0.3 is 0 Å². The predicted molar refractivity (Wildman–Crippen MR) is 35.6 cm³/mol. The fourth-order valence-electron chi connectivity index (χ4n) is 1.24. The van der Waals surface area contributed by atoms with Gasteiger partial charge in [0.1, 0.15) is 6.10 Å². The van der Waals surface area contributed by atoms with Crippen LogP contribution in [0, 0.1) is 5.92 Å². The Labute approximate surface area is 64.2 Å². The summed E-state index contributed by atoms with van der Waals surface area (Å²) in [5.41, 5.74) is 0. The minimum Gasteiger partial charge on any atom is -0.387 e. The molecule has 0 saturated carbocycles. The number of hydrogen-bond acceptors (Lipinski definition) is 2. The van der Waals surface area contributed by atoms with Crippen molar-refractivity contribution in [2.45, 2.75) is 25.4 Å². The molecule has 11 heavy (non-hydrogen) atoms. The molecule has 0 bridgehead atoms. The van der Waals surface area contributed by atoms with E-state index in [1.54, 1.807) is 0 Å². The number of ether oxygens (including phenoxy) is 1. The molecule has 0 aromatic heterocycles. The molecule has 1 N–H and O–H groups in total. The van der Waals surface area contributed by atoms with Gasteiger partial charge in [-0.2, -0.15) is 0 Å². The Kier molecular flexibility index (Phi) is 3.20. The number of halogens is 2. The number of alkyl halides is 2. The van der Waals surface area contributed by atoms with Gasteiger partial charge < -0.3 is 9.84 Å². The summed E-state index contributed by atoms with van der Waals surface area (Å²) in [6.45, 7) is 0.901. The first kappa shape index (κ1) is 8.87. The third kappa shape index (κ3) is 2.38. The van der Waals surface area contributed by atoms with Gasteiger partial charge in [-0.25, -0.2) is 8.78 Å². The van der Waals surface area contributed by atoms with E-state index in [0.29, 0.717) is 13.0 Å². The van der Waals surface area contributed by atoms with Crippen molar-refractivity contribution in [1.82, 2.24) is 0 Å². The van der Waals surface area contributed by atoms with Crippen molar-refractivity contribution in [3.63, 3.8) is 0 Å². The van der Waals surface area contributed by atoms with E-state index in [4.69, 9.17) is 9.84 Å². The Balaban J connectivity index is 2.32. The Morgan fingerprint density at radius 3 is 2.64 bits per heavy atom. The van der Waals surface area contributed by atoms with Gasteiger partial charge in [-0.1, -0.05) is 0 Å². The molecular weight excluding hydrogens is 154 g/mol. The van der Waals surface area contributed by atoms with Crippen LogP contribution in [0.3, 0.4) is 0 Å². The lowest BCUT2D eigenvalue weighted by Gasteiger charge is -2.25. The number of rotatable bonds is 2. The topological polar surface area (TPSA) is 29.5 Å². The monoisotopic (exact) mass is 166 g/mol. The van der Waals surface area contributed by atoms with Crippen molar-refractivity contribution in [3.05, 3.63) is 0 Å². The van der Waals surface area contributed by atoms with Gasteiger partial charge in [0.05, 0.1) is 6.61 Å². The smallest absolute Gasteiger partial charge is 0.264 e. The molecule has 0 spiro atoms. The minimum absolute atomic E-state index is 0.269. The SMILES string of the molecule is OC(C(F)F)C1CCCOC1. The largest absolute Gasteiger partial charge is 0.387 e. The molecule has 4 heteroatoms. The second-order valence-electron chi connectivity index (χ2n) is 2.80. The highest BCUT2D eigenvalue weighted by Gasteiger charge is 2.28. The molecule has 1 aliphatic rings. The Morgan fingerprint density at radius 1 is 1.45 bits per heavy atom. The summed E-state index contributed by atoms with van der Waals surface area (Å²) in [5, 5.41) is 8.92. The van der Waals surface area contributed by atoms with Crippen LogP contribution < -0.4 is 0 Å². The second kappa shape index (κ2) is 3.97. The zero-order valence-electron chi connectivity index (χ0n) is 6.17. The summed E-state index contributed by atoms with van der Waals surface area (Å²) in [4.78, 5) is 0. The fraction of sp³-hybridized carbons (Fsp3) is 1.00. The zero-order valence-corrected chi connectivity index (χ0v) is 6.17. The number of hydrogen-bond donors (Lipinski definition) is 1. The van der Waals surface area contributed by atoms with Gasteiger partial charge in [-0.05, 0) is 12.8 Å². The number of aliphatic hydroxyl groups excluding tert-OH is 1. The predicted octanol–water partition coefficient (Wildman–Crippen LogP) is 1.04. The lowest BCUT2D eigenvalue weighted by atomic mass is 9.96. The van der Waals surface area contributed by atoms with Crippen LogP contribution in [0.1, 0.15) is 12.8 Å². The molecule has 0 amide bonds. The van der Waals surface area contributed by atoms with E-state index in [0.717, 1.165) is 6.42 Å². The zero-order chi connectivity index (χ0) is 8.27. The van der Waals surface area contributed by atoms with Crippen LogP contribution in [0.5, 0.6) is 0 Å². The maximum atomic E-state index is 11.9. The summed E-state index contributed by atoms with van der Waals surface area (Å²) in [5.74, 6) is -0.372. The van der Waals surface area contributed by atoms with Gasteiger partial charge in [0.25, 0.3) is 6.43 Å². The third-order valence-electron chi connectivity index (χ3n) is 1.94. The Morgan fingerprint density at radius 2 is 2.18 bits per heavy atom. The normalized spacial score (nSPS) is 28.9. The van der Waals surface area contributed by atoms with E-state index in [9.17, 15) is 8.78 Å². The molecular formula is C7H12F2O2. The van der Waals surface area contributed by atoms with Gasteiger partial charge in [0, 0.05) is 12.5 Å². The molecule has 2 unspecified atom stereocenters. The van der Waals surface area contributed by atoms with Crippen molar-refractivity contribution < 1.29 is 18.6 Å². The standard InChI is InChI=1S/C7H12F2O2/c8-7(9)6(10)5-2-1-3-11-4-5/h5-7,10H,1-4H2. The Hall–Kier alpha value is -0.220. The van der Waals surface area contributed by atoms with Crippen molar-refractivity contribution in [1.29, 1.82) is 0 Å². The number of aliphatic hydroxyl groups is 1. The lowest BCUT2D eigenvalue weighted by molar-refractivity contribution is -0.0788. The van der Waals surface area contributed by atoms with E-state index in [1.807, 2.05) is 0 Å². The highest BCUT2D eigenvalue weighted by Crippen LogP contribution is 2.21. The average molecular weight is 166 g/mol. The second-order valence-corrected chi connectivity index (χ2v) is 2.80. The van der Waals surface area contributed by atoms with Crippen LogP contribution in [-0.4, -0.2) is 30.8 Å². The maximum Gasteiger partial charge on any atom is 0.264 e. The molecule has 66 valence electrons. The van der Waals surface area contributed by atoms with E-state index in [1.165, 1.54) is 0 Å². The van der Waals surface area contributed by atoms with Gasteiger partial charge in [-0.15, -0.1) is 0 Å². The highest BCUT2D eigenvalue weighted by atomic mass is 19.3.